The molecule has 2 aromatic rings. The highest BCUT2D eigenvalue weighted by Gasteiger charge is 2.09. The molecule has 2 rings (SSSR count). The van der Waals surface area contributed by atoms with Crippen molar-refractivity contribution in [2.24, 2.45) is 0 Å². The number of carbonyl (C=O) groups is 2. The molecule has 0 aromatic heterocycles. The maximum atomic E-state index is 11.8. The third kappa shape index (κ3) is 4.45. The second kappa shape index (κ2) is 7.07. The van der Waals surface area contributed by atoms with Crippen LogP contribution in [0.15, 0.2) is 48.5 Å². The zero-order chi connectivity index (χ0) is 15.2. The standard InChI is InChI=1S/C15H13IN2O3/c16-12-7-6-11(14(19)20)8-13(12)18-15(21)17-9-10-4-2-1-3-5-10/h1-8H,9H2,(H,19,20)(H2,17,18,21). The van der Waals surface area contributed by atoms with E-state index in [4.69, 9.17) is 5.11 Å². The lowest BCUT2D eigenvalue weighted by atomic mass is 10.2. The first-order chi connectivity index (χ1) is 10.1. The van der Waals surface area contributed by atoms with E-state index in [1.807, 2.05) is 52.9 Å². The van der Waals surface area contributed by atoms with E-state index in [1.54, 1.807) is 6.07 Å². The van der Waals surface area contributed by atoms with Gasteiger partial charge in [-0.25, -0.2) is 9.59 Å². The van der Waals surface area contributed by atoms with Crippen LogP contribution in [0, 0.1) is 3.57 Å². The van der Waals surface area contributed by atoms with Crippen molar-refractivity contribution in [3.8, 4) is 0 Å². The first kappa shape index (κ1) is 15.3. The van der Waals surface area contributed by atoms with Crippen molar-refractivity contribution < 1.29 is 14.7 Å². The fourth-order valence-electron chi connectivity index (χ4n) is 1.70. The van der Waals surface area contributed by atoms with Crippen LogP contribution in [0.1, 0.15) is 15.9 Å². The van der Waals surface area contributed by atoms with E-state index < -0.39 is 5.97 Å². The Labute approximate surface area is 135 Å². The molecular weight excluding hydrogens is 383 g/mol. The van der Waals surface area contributed by atoms with E-state index >= 15 is 0 Å². The van der Waals surface area contributed by atoms with Crippen molar-refractivity contribution in [3.63, 3.8) is 0 Å². The first-order valence-corrected chi connectivity index (χ1v) is 7.26. The average molecular weight is 396 g/mol. The van der Waals surface area contributed by atoms with Crippen LogP contribution in [-0.2, 0) is 6.54 Å². The molecule has 0 atom stereocenters. The van der Waals surface area contributed by atoms with Crippen LogP contribution in [0.25, 0.3) is 0 Å². The molecule has 0 bridgehead atoms. The normalized spacial score (nSPS) is 9.95. The number of nitrogens with one attached hydrogen (secondary N) is 2. The van der Waals surface area contributed by atoms with Gasteiger partial charge in [-0.15, -0.1) is 0 Å². The molecule has 0 radical (unpaired) electrons. The lowest BCUT2D eigenvalue weighted by Crippen LogP contribution is -2.28. The van der Waals surface area contributed by atoms with Gasteiger partial charge >= 0.3 is 12.0 Å². The summed E-state index contributed by atoms with van der Waals surface area (Å²) in [5.41, 5.74) is 1.59. The topological polar surface area (TPSA) is 78.4 Å². The number of halogens is 1. The maximum Gasteiger partial charge on any atom is 0.335 e. The van der Waals surface area contributed by atoms with E-state index in [9.17, 15) is 9.59 Å². The molecule has 0 heterocycles. The third-order valence-corrected chi connectivity index (χ3v) is 3.70. The zero-order valence-electron chi connectivity index (χ0n) is 11.0. The van der Waals surface area contributed by atoms with Crippen LogP contribution in [0.4, 0.5) is 10.5 Å². The molecule has 2 amide bonds. The van der Waals surface area contributed by atoms with Gasteiger partial charge in [0.25, 0.3) is 0 Å². The number of amides is 2. The van der Waals surface area contributed by atoms with Crippen LogP contribution in [0.5, 0.6) is 0 Å². The van der Waals surface area contributed by atoms with E-state index in [2.05, 4.69) is 10.6 Å². The molecule has 0 aliphatic carbocycles. The van der Waals surface area contributed by atoms with Gasteiger partial charge in [-0.3, -0.25) is 0 Å². The number of hydrogen-bond donors (Lipinski definition) is 3. The van der Waals surface area contributed by atoms with Crippen LogP contribution in [0.3, 0.4) is 0 Å². The minimum atomic E-state index is -1.03. The molecule has 6 heteroatoms. The van der Waals surface area contributed by atoms with Gasteiger partial charge < -0.3 is 15.7 Å². The van der Waals surface area contributed by atoms with Gasteiger partial charge in [0.15, 0.2) is 0 Å². The summed E-state index contributed by atoms with van der Waals surface area (Å²) in [6.45, 7) is 0.405. The number of aromatic carboxylic acids is 1. The molecule has 2 aromatic carbocycles. The molecule has 0 aliphatic heterocycles. The second-order valence-corrected chi connectivity index (χ2v) is 5.46. The molecule has 3 N–H and O–H groups in total. The number of hydrogen-bond acceptors (Lipinski definition) is 2. The van der Waals surface area contributed by atoms with E-state index in [-0.39, 0.29) is 11.6 Å². The van der Waals surface area contributed by atoms with Crippen molar-refractivity contribution in [2.75, 3.05) is 5.32 Å². The molecule has 21 heavy (non-hydrogen) atoms. The molecule has 108 valence electrons. The number of urea groups is 1. The molecule has 0 aliphatic rings. The van der Waals surface area contributed by atoms with E-state index in [1.165, 1.54) is 12.1 Å². The van der Waals surface area contributed by atoms with Gasteiger partial charge in [0, 0.05) is 10.1 Å². The minimum Gasteiger partial charge on any atom is -0.478 e. The van der Waals surface area contributed by atoms with Crippen LogP contribution >= 0.6 is 22.6 Å². The molecule has 5 nitrogen and oxygen atoms in total. The van der Waals surface area contributed by atoms with E-state index in [0.29, 0.717) is 12.2 Å². The molecule has 0 fully saturated rings. The Balaban J connectivity index is 1.99. The smallest absolute Gasteiger partial charge is 0.335 e. The van der Waals surface area contributed by atoms with Crippen molar-refractivity contribution in [3.05, 3.63) is 63.2 Å². The molecule has 0 spiro atoms. The molecule has 0 saturated carbocycles. The Morgan fingerprint density at radius 2 is 1.81 bits per heavy atom. The Bertz CT molecular complexity index is 659. The lowest BCUT2D eigenvalue weighted by Gasteiger charge is -2.10. The summed E-state index contributed by atoms with van der Waals surface area (Å²) in [5, 5.41) is 14.3. The van der Waals surface area contributed by atoms with Gasteiger partial charge in [0.1, 0.15) is 0 Å². The van der Waals surface area contributed by atoms with Gasteiger partial charge in [-0.1, -0.05) is 30.3 Å². The summed E-state index contributed by atoms with van der Waals surface area (Å²) in [6.07, 6.45) is 0. The average Bonchev–Trinajstić information content (AvgIpc) is 2.48. The summed E-state index contributed by atoms with van der Waals surface area (Å²) in [6, 6.07) is 13.7. The van der Waals surface area contributed by atoms with Crippen LogP contribution in [0.2, 0.25) is 0 Å². The lowest BCUT2D eigenvalue weighted by molar-refractivity contribution is 0.0697. The molecular formula is C15H13IN2O3. The van der Waals surface area contributed by atoms with Crippen molar-refractivity contribution in [1.82, 2.24) is 5.32 Å². The highest BCUT2D eigenvalue weighted by Crippen LogP contribution is 2.19. The summed E-state index contributed by atoms with van der Waals surface area (Å²) in [7, 11) is 0. The Morgan fingerprint density at radius 1 is 1.10 bits per heavy atom. The van der Waals surface area contributed by atoms with Crippen LogP contribution < -0.4 is 10.6 Å². The van der Waals surface area contributed by atoms with Gasteiger partial charge in [0.2, 0.25) is 0 Å². The molecule has 0 unspecified atom stereocenters. The fraction of sp³-hybridized carbons (Fsp3) is 0.0667. The van der Waals surface area contributed by atoms with Gasteiger partial charge in [-0.2, -0.15) is 0 Å². The third-order valence-electron chi connectivity index (χ3n) is 2.76. The fourth-order valence-corrected chi connectivity index (χ4v) is 2.17. The highest BCUT2D eigenvalue weighted by atomic mass is 127. The van der Waals surface area contributed by atoms with Gasteiger partial charge in [-0.05, 0) is 46.4 Å². The largest absolute Gasteiger partial charge is 0.478 e. The van der Waals surface area contributed by atoms with Crippen molar-refractivity contribution >= 4 is 40.3 Å². The Kier molecular flexibility index (Phi) is 5.15. The first-order valence-electron chi connectivity index (χ1n) is 6.18. The number of benzene rings is 2. The highest BCUT2D eigenvalue weighted by molar-refractivity contribution is 14.1. The second-order valence-electron chi connectivity index (χ2n) is 4.29. The van der Waals surface area contributed by atoms with Crippen molar-refractivity contribution in [1.29, 1.82) is 0 Å². The number of anilines is 1. The summed E-state index contributed by atoms with van der Waals surface area (Å²) >= 11 is 2.04. The number of carbonyl (C=O) groups excluding carboxylic acids is 1. The quantitative estimate of drug-likeness (QED) is 0.694. The number of rotatable bonds is 4. The van der Waals surface area contributed by atoms with Crippen molar-refractivity contribution in [2.45, 2.75) is 6.54 Å². The monoisotopic (exact) mass is 396 g/mol. The minimum absolute atomic E-state index is 0.133. The van der Waals surface area contributed by atoms with Crippen LogP contribution in [-0.4, -0.2) is 17.1 Å². The maximum absolute atomic E-state index is 11.8. The Morgan fingerprint density at radius 3 is 2.48 bits per heavy atom. The predicted octanol–water partition coefficient (Wildman–Crippen LogP) is 3.31. The molecule has 0 saturated heterocycles. The van der Waals surface area contributed by atoms with Gasteiger partial charge in [0.05, 0.1) is 11.3 Å². The van der Waals surface area contributed by atoms with E-state index in [0.717, 1.165) is 9.13 Å². The number of carboxylic acid groups (broad SMARTS) is 1. The summed E-state index contributed by atoms with van der Waals surface area (Å²) in [4.78, 5) is 22.8. The summed E-state index contributed by atoms with van der Waals surface area (Å²) in [5.74, 6) is -1.03. The SMILES string of the molecule is O=C(NCc1ccccc1)Nc1cc(C(=O)O)ccc1I. The predicted molar refractivity (Wildman–Crippen MR) is 88.4 cm³/mol. The zero-order valence-corrected chi connectivity index (χ0v) is 13.1. The Hall–Kier alpha value is -2.09. The summed E-state index contributed by atoms with van der Waals surface area (Å²) < 4.78 is 0.771. The number of carboxylic acids is 1.